The topological polar surface area (TPSA) is 89.0 Å². The molecule has 0 aliphatic carbocycles. The number of rotatable bonds is 5. The molecule has 0 bridgehead atoms. The lowest BCUT2D eigenvalue weighted by atomic mass is 10.0. The summed E-state index contributed by atoms with van der Waals surface area (Å²) in [6, 6.07) is 22.4. The zero-order valence-electron chi connectivity index (χ0n) is 18.5. The van der Waals surface area contributed by atoms with Crippen molar-refractivity contribution in [3.63, 3.8) is 0 Å². The summed E-state index contributed by atoms with van der Waals surface area (Å²) >= 11 is 0. The van der Waals surface area contributed by atoms with Gasteiger partial charge in [0, 0.05) is 7.05 Å². The molecule has 0 saturated heterocycles. The normalized spacial score (nSPS) is 11.3. The van der Waals surface area contributed by atoms with Gasteiger partial charge in [0.15, 0.2) is 0 Å². The third-order valence-electron chi connectivity index (χ3n) is 5.54. The van der Waals surface area contributed by atoms with Crippen LogP contribution in [0.2, 0.25) is 0 Å². The zero-order chi connectivity index (χ0) is 23.5. The van der Waals surface area contributed by atoms with Crippen molar-refractivity contribution in [1.29, 1.82) is 5.26 Å². The fourth-order valence-electron chi connectivity index (χ4n) is 3.67. The van der Waals surface area contributed by atoms with Crippen molar-refractivity contribution in [3.05, 3.63) is 93.9 Å². The van der Waals surface area contributed by atoms with E-state index in [1.165, 1.54) is 10.8 Å². The predicted molar refractivity (Wildman–Crippen MR) is 128 cm³/mol. The second-order valence-electron chi connectivity index (χ2n) is 7.53. The van der Waals surface area contributed by atoms with Crippen molar-refractivity contribution in [2.75, 3.05) is 12.4 Å². The van der Waals surface area contributed by atoms with Crippen LogP contribution in [0.1, 0.15) is 11.3 Å². The summed E-state index contributed by atoms with van der Waals surface area (Å²) in [6.45, 7) is 1.74. The molecule has 1 heterocycles. The Kier molecular flexibility index (Phi) is 5.83. The number of carbonyl (C=O) groups is 1. The quantitative estimate of drug-likeness (QED) is 0.374. The SMILES string of the molecule is COc1ccc2cc(/C=C(\C#N)C(=O)Nc3c(C)n(C)n(-c4ccccc4)c3=O)ccc2c1. The molecule has 0 spiro atoms. The van der Waals surface area contributed by atoms with Crippen molar-refractivity contribution in [3.8, 4) is 17.5 Å². The van der Waals surface area contributed by atoms with Gasteiger partial charge < -0.3 is 10.1 Å². The number of nitriles is 1. The van der Waals surface area contributed by atoms with Crippen LogP contribution in [0.4, 0.5) is 5.69 Å². The van der Waals surface area contributed by atoms with E-state index in [0.29, 0.717) is 16.9 Å². The molecule has 0 fully saturated rings. The molecule has 7 nitrogen and oxygen atoms in total. The monoisotopic (exact) mass is 438 g/mol. The van der Waals surface area contributed by atoms with Gasteiger partial charge in [-0.25, -0.2) is 4.68 Å². The summed E-state index contributed by atoms with van der Waals surface area (Å²) in [5.41, 5.74) is 1.62. The maximum absolute atomic E-state index is 13.0. The molecule has 1 aromatic heterocycles. The summed E-state index contributed by atoms with van der Waals surface area (Å²) in [7, 11) is 3.35. The van der Waals surface area contributed by atoms with E-state index >= 15 is 0 Å². The van der Waals surface area contributed by atoms with Crippen LogP contribution in [0, 0.1) is 18.3 Å². The van der Waals surface area contributed by atoms with E-state index < -0.39 is 5.91 Å². The highest BCUT2D eigenvalue weighted by molar-refractivity contribution is 6.10. The molecular formula is C26H22N4O3. The summed E-state index contributed by atoms with van der Waals surface area (Å²) in [6.07, 6.45) is 1.51. The first-order valence-electron chi connectivity index (χ1n) is 10.3. The van der Waals surface area contributed by atoms with Crippen LogP contribution < -0.4 is 15.6 Å². The van der Waals surface area contributed by atoms with Gasteiger partial charge in [-0.05, 0) is 59.7 Å². The molecule has 164 valence electrons. The molecule has 1 amide bonds. The minimum atomic E-state index is -0.640. The Morgan fingerprint density at radius 3 is 2.45 bits per heavy atom. The van der Waals surface area contributed by atoms with Gasteiger partial charge in [0.2, 0.25) is 0 Å². The summed E-state index contributed by atoms with van der Waals surface area (Å²) in [4.78, 5) is 25.9. The van der Waals surface area contributed by atoms with E-state index in [2.05, 4.69) is 5.32 Å². The van der Waals surface area contributed by atoms with E-state index in [1.54, 1.807) is 25.8 Å². The smallest absolute Gasteiger partial charge is 0.295 e. The second kappa shape index (κ2) is 8.89. The van der Waals surface area contributed by atoms with Crippen LogP contribution in [0.5, 0.6) is 5.75 Å². The van der Waals surface area contributed by atoms with Gasteiger partial charge >= 0.3 is 0 Å². The highest BCUT2D eigenvalue weighted by atomic mass is 16.5. The van der Waals surface area contributed by atoms with Crippen LogP contribution in [0.25, 0.3) is 22.5 Å². The highest BCUT2D eigenvalue weighted by Gasteiger charge is 2.20. The van der Waals surface area contributed by atoms with Gasteiger partial charge in [-0.1, -0.05) is 36.4 Å². The number of hydrogen-bond acceptors (Lipinski definition) is 4. The second-order valence-corrected chi connectivity index (χ2v) is 7.53. The average molecular weight is 438 g/mol. The molecule has 1 N–H and O–H groups in total. The minimum absolute atomic E-state index is 0.100. The number of aromatic nitrogens is 2. The van der Waals surface area contributed by atoms with Gasteiger partial charge in [0.1, 0.15) is 23.1 Å². The minimum Gasteiger partial charge on any atom is -0.497 e. The third kappa shape index (κ3) is 4.14. The Morgan fingerprint density at radius 1 is 1.06 bits per heavy atom. The number of amides is 1. The van der Waals surface area contributed by atoms with E-state index in [4.69, 9.17) is 4.74 Å². The number of nitrogens with zero attached hydrogens (tertiary/aromatic N) is 3. The van der Waals surface area contributed by atoms with E-state index in [9.17, 15) is 14.9 Å². The van der Waals surface area contributed by atoms with Gasteiger partial charge in [0.25, 0.3) is 11.5 Å². The number of nitrogens with one attached hydrogen (secondary N) is 1. The molecule has 4 aromatic rings. The van der Waals surface area contributed by atoms with Gasteiger partial charge in [0.05, 0.1) is 18.5 Å². The summed E-state index contributed by atoms with van der Waals surface area (Å²) in [5.74, 6) is 0.112. The molecule has 7 heteroatoms. The Morgan fingerprint density at radius 2 is 1.76 bits per heavy atom. The number of hydrogen-bond donors (Lipinski definition) is 1. The first-order valence-corrected chi connectivity index (χ1v) is 10.3. The van der Waals surface area contributed by atoms with Crippen LogP contribution in [0.3, 0.4) is 0 Å². The number of anilines is 1. The molecule has 0 unspecified atom stereocenters. The zero-order valence-corrected chi connectivity index (χ0v) is 18.5. The van der Waals surface area contributed by atoms with E-state index in [-0.39, 0.29) is 16.8 Å². The number of carbonyl (C=O) groups excluding carboxylic acids is 1. The van der Waals surface area contributed by atoms with E-state index in [1.807, 2.05) is 72.8 Å². The van der Waals surface area contributed by atoms with Crippen LogP contribution >= 0.6 is 0 Å². The van der Waals surface area contributed by atoms with Crippen molar-refractivity contribution in [2.24, 2.45) is 7.05 Å². The number of benzene rings is 3. The Balaban J connectivity index is 1.65. The number of ether oxygens (including phenoxy) is 1. The number of methoxy groups -OCH3 is 1. The Labute approximate surface area is 190 Å². The van der Waals surface area contributed by atoms with Crippen molar-refractivity contribution in [2.45, 2.75) is 6.92 Å². The lowest BCUT2D eigenvalue weighted by Gasteiger charge is -2.07. The van der Waals surface area contributed by atoms with Crippen LogP contribution in [-0.2, 0) is 11.8 Å². The molecule has 0 aliphatic heterocycles. The lowest BCUT2D eigenvalue weighted by Crippen LogP contribution is -2.23. The third-order valence-corrected chi connectivity index (χ3v) is 5.54. The molecule has 0 atom stereocenters. The standard InChI is InChI=1S/C26H22N4O3/c1-17-24(26(32)30(29(17)2)22-7-5-4-6-8-22)28-25(31)21(16-27)14-18-9-10-20-15-23(33-3)12-11-19(20)13-18/h4-15H,1-3H3,(H,28,31)/b21-14+. The number of para-hydroxylation sites is 1. The maximum atomic E-state index is 13.0. The van der Waals surface area contributed by atoms with Crippen LogP contribution in [0.15, 0.2) is 77.1 Å². The fourth-order valence-corrected chi connectivity index (χ4v) is 3.67. The Hall–Kier alpha value is -4.57. The molecular weight excluding hydrogens is 416 g/mol. The largest absolute Gasteiger partial charge is 0.497 e. The molecule has 0 saturated carbocycles. The molecule has 3 aromatic carbocycles. The average Bonchev–Trinajstić information content (AvgIpc) is 3.05. The van der Waals surface area contributed by atoms with Crippen molar-refractivity contribution >= 4 is 28.4 Å². The first-order chi connectivity index (χ1) is 15.9. The Bertz CT molecular complexity index is 1490. The fraction of sp³-hybridized carbons (Fsp3) is 0.115. The van der Waals surface area contributed by atoms with Crippen molar-refractivity contribution in [1.82, 2.24) is 9.36 Å². The van der Waals surface area contributed by atoms with E-state index in [0.717, 1.165) is 16.5 Å². The van der Waals surface area contributed by atoms with Gasteiger partial charge in [-0.3, -0.25) is 14.3 Å². The molecule has 0 radical (unpaired) electrons. The molecule has 4 rings (SSSR count). The van der Waals surface area contributed by atoms with Gasteiger partial charge in [-0.2, -0.15) is 5.26 Å². The lowest BCUT2D eigenvalue weighted by molar-refractivity contribution is -0.112. The molecule has 0 aliphatic rings. The van der Waals surface area contributed by atoms with Crippen LogP contribution in [-0.4, -0.2) is 22.4 Å². The summed E-state index contributed by atoms with van der Waals surface area (Å²) < 4.78 is 8.38. The predicted octanol–water partition coefficient (Wildman–Crippen LogP) is 4.19. The number of fused-ring (bicyclic) bond motifs is 1. The maximum Gasteiger partial charge on any atom is 0.295 e. The first kappa shape index (κ1) is 21.7. The van der Waals surface area contributed by atoms with Crippen molar-refractivity contribution < 1.29 is 9.53 Å². The molecule has 33 heavy (non-hydrogen) atoms. The highest BCUT2D eigenvalue weighted by Crippen LogP contribution is 2.23. The van der Waals surface area contributed by atoms with Gasteiger partial charge in [-0.15, -0.1) is 0 Å². The summed E-state index contributed by atoms with van der Waals surface area (Å²) in [5, 5.41) is 14.2.